The molecule has 2 rings (SSSR count). The van der Waals surface area contributed by atoms with Crippen LogP contribution in [0.15, 0.2) is 18.5 Å². The quantitative estimate of drug-likeness (QED) is 0.892. The highest BCUT2D eigenvalue weighted by molar-refractivity contribution is 6.35. The molecule has 0 atom stereocenters. The second-order valence-corrected chi connectivity index (χ2v) is 4.64. The zero-order valence-corrected chi connectivity index (χ0v) is 10.3. The van der Waals surface area contributed by atoms with Gasteiger partial charge in [0.1, 0.15) is 0 Å². The summed E-state index contributed by atoms with van der Waals surface area (Å²) < 4.78 is 2.09. The molecule has 0 saturated heterocycles. The molecule has 4 heteroatoms. The topological polar surface area (TPSA) is 43.8 Å². The van der Waals surface area contributed by atoms with Gasteiger partial charge in [0.15, 0.2) is 0 Å². The van der Waals surface area contributed by atoms with E-state index in [1.54, 1.807) is 0 Å². The highest BCUT2D eigenvalue weighted by Crippen LogP contribution is 2.27. The molecule has 16 heavy (non-hydrogen) atoms. The Hall–Kier alpha value is -1.06. The first-order valence-electron chi connectivity index (χ1n) is 5.48. The Kier molecular flexibility index (Phi) is 3.17. The van der Waals surface area contributed by atoms with Crippen molar-refractivity contribution in [3.05, 3.63) is 29.0 Å². The molecule has 0 aliphatic heterocycles. The van der Waals surface area contributed by atoms with Gasteiger partial charge in [0.05, 0.1) is 22.4 Å². The van der Waals surface area contributed by atoms with E-state index in [1.807, 2.05) is 12.4 Å². The summed E-state index contributed by atoms with van der Waals surface area (Å²) in [7, 11) is 0. The van der Waals surface area contributed by atoms with E-state index in [0.717, 1.165) is 28.0 Å². The van der Waals surface area contributed by atoms with Crippen molar-refractivity contribution < 1.29 is 0 Å². The number of imidazole rings is 1. The molecule has 1 heterocycles. The minimum atomic E-state index is 0.364. The van der Waals surface area contributed by atoms with Crippen molar-refractivity contribution in [2.24, 2.45) is 5.73 Å². The molecule has 0 radical (unpaired) electrons. The van der Waals surface area contributed by atoms with Crippen molar-refractivity contribution in [3.8, 4) is 0 Å². The van der Waals surface area contributed by atoms with Gasteiger partial charge in [0.2, 0.25) is 0 Å². The van der Waals surface area contributed by atoms with Crippen LogP contribution in [0.5, 0.6) is 0 Å². The molecule has 0 fully saturated rings. The number of hydrogen-bond donors (Lipinski definition) is 1. The van der Waals surface area contributed by atoms with Gasteiger partial charge in [-0.25, -0.2) is 4.98 Å². The maximum atomic E-state index is 6.29. The maximum Gasteiger partial charge on any atom is 0.0961 e. The fourth-order valence-electron chi connectivity index (χ4n) is 1.88. The van der Waals surface area contributed by atoms with Crippen LogP contribution in [0.25, 0.3) is 11.0 Å². The summed E-state index contributed by atoms with van der Waals surface area (Å²) >= 11 is 6.29. The number of nitrogens with two attached hydrogens (primary N) is 1. The van der Waals surface area contributed by atoms with Gasteiger partial charge in [-0.1, -0.05) is 11.6 Å². The molecule has 2 aromatic rings. The molecule has 0 aliphatic rings. The summed E-state index contributed by atoms with van der Waals surface area (Å²) in [5.41, 5.74) is 8.65. The number of aromatic nitrogens is 2. The lowest BCUT2D eigenvalue weighted by Crippen LogP contribution is -2.03. The predicted molar refractivity (Wildman–Crippen MR) is 67.9 cm³/mol. The van der Waals surface area contributed by atoms with Gasteiger partial charge in [0.25, 0.3) is 0 Å². The summed E-state index contributed by atoms with van der Waals surface area (Å²) in [6.45, 7) is 4.86. The SMILES string of the molecule is CC(C)n1cnc2cc(CCN)cc(Cl)c21. The molecule has 2 N–H and O–H groups in total. The Morgan fingerprint density at radius 1 is 1.44 bits per heavy atom. The van der Waals surface area contributed by atoms with E-state index in [1.165, 1.54) is 0 Å². The molecule has 86 valence electrons. The second-order valence-electron chi connectivity index (χ2n) is 4.23. The van der Waals surface area contributed by atoms with E-state index in [9.17, 15) is 0 Å². The Balaban J connectivity index is 2.59. The van der Waals surface area contributed by atoms with E-state index in [4.69, 9.17) is 17.3 Å². The van der Waals surface area contributed by atoms with Crippen molar-refractivity contribution in [2.45, 2.75) is 26.3 Å². The first kappa shape index (κ1) is 11.4. The molecule has 0 amide bonds. The average Bonchev–Trinajstić information content (AvgIpc) is 2.62. The minimum absolute atomic E-state index is 0.364. The van der Waals surface area contributed by atoms with Gasteiger partial charge >= 0.3 is 0 Å². The predicted octanol–water partition coefficient (Wildman–Crippen LogP) is 2.77. The molecule has 1 aromatic carbocycles. The molecule has 0 bridgehead atoms. The smallest absolute Gasteiger partial charge is 0.0961 e. The van der Waals surface area contributed by atoms with E-state index >= 15 is 0 Å². The van der Waals surface area contributed by atoms with Crippen LogP contribution in [-0.4, -0.2) is 16.1 Å². The van der Waals surface area contributed by atoms with E-state index in [2.05, 4.69) is 29.5 Å². The van der Waals surface area contributed by atoms with Crippen LogP contribution >= 0.6 is 11.6 Å². The average molecular weight is 238 g/mol. The Labute approximate surface area is 100 Å². The largest absolute Gasteiger partial charge is 0.330 e. The van der Waals surface area contributed by atoms with Crippen LogP contribution in [0.4, 0.5) is 0 Å². The molecular formula is C12H16ClN3. The normalized spacial score (nSPS) is 11.6. The van der Waals surface area contributed by atoms with Gasteiger partial charge in [-0.05, 0) is 44.5 Å². The van der Waals surface area contributed by atoms with Gasteiger partial charge in [0, 0.05) is 6.04 Å². The highest BCUT2D eigenvalue weighted by atomic mass is 35.5. The number of rotatable bonds is 3. The zero-order chi connectivity index (χ0) is 11.7. The van der Waals surface area contributed by atoms with Gasteiger partial charge < -0.3 is 10.3 Å². The third kappa shape index (κ3) is 1.93. The maximum absolute atomic E-state index is 6.29. The summed E-state index contributed by atoms with van der Waals surface area (Å²) in [6, 6.07) is 4.41. The van der Waals surface area contributed by atoms with Crippen LogP contribution < -0.4 is 5.73 Å². The van der Waals surface area contributed by atoms with Crippen molar-refractivity contribution in [3.63, 3.8) is 0 Å². The molecule has 0 unspecified atom stereocenters. The summed E-state index contributed by atoms with van der Waals surface area (Å²) in [6.07, 6.45) is 2.68. The number of halogens is 1. The molecule has 3 nitrogen and oxygen atoms in total. The Morgan fingerprint density at radius 3 is 2.81 bits per heavy atom. The first-order valence-corrected chi connectivity index (χ1v) is 5.86. The van der Waals surface area contributed by atoms with E-state index in [0.29, 0.717) is 12.6 Å². The molecule has 0 saturated carbocycles. The van der Waals surface area contributed by atoms with E-state index < -0.39 is 0 Å². The standard InChI is InChI=1S/C12H16ClN3/c1-8(2)16-7-15-11-6-9(3-4-14)5-10(13)12(11)16/h5-8H,3-4,14H2,1-2H3. The summed E-state index contributed by atoms with van der Waals surface area (Å²) in [5.74, 6) is 0. The monoisotopic (exact) mass is 237 g/mol. The van der Waals surface area contributed by atoms with Gasteiger partial charge in [-0.2, -0.15) is 0 Å². The zero-order valence-electron chi connectivity index (χ0n) is 9.57. The first-order chi connectivity index (χ1) is 7.63. The van der Waals surface area contributed by atoms with Crippen LogP contribution in [0, 0.1) is 0 Å². The molecular weight excluding hydrogens is 222 g/mol. The van der Waals surface area contributed by atoms with Crippen LogP contribution in [0.1, 0.15) is 25.5 Å². The fourth-order valence-corrected chi connectivity index (χ4v) is 2.21. The lowest BCUT2D eigenvalue weighted by molar-refractivity contribution is 0.617. The lowest BCUT2D eigenvalue weighted by Gasteiger charge is -2.09. The second kappa shape index (κ2) is 4.44. The lowest BCUT2D eigenvalue weighted by atomic mass is 10.1. The Bertz CT molecular complexity index is 502. The number of fused-ring (bicyclic) bond motifs is 1. The minimum Gasteiger partial charge on any atom is -0.330 e. The third-order valence-electron chi connectivity index (χ3n) is 2.67. The number of hydrogen-bond acceptors (Lipinski definition) is 2. The van der Waals surface area contributed by atoms with Crippen LogP contribution in [0.2, 0.25) is 5.02 Å². The third-order valence-corrected chi connectivity index (χ3v) is 2.96. The molecule has 0 aliphatic carbocycles. The highest BCUT2D eigenvalue weighted by Gasteiger charge is 2.10. The summed E-state index contributed by atoms with van der Waals surface area (Å²) in [5, 5.41) is 0.757. The van der Waals surface area contributed by atoms with Crippen molar-refractivity contribution in [2.75, 3.05) is 6.54 Å². The van der Waals surface area contributed by atoms with Gasteiger partial charge in [-0.3, -0.25) is 0 Å². The fraction of sp³-hybridized carbons (Fsp3) is 0.417. The van der Waals surface area contributed by atoms with Crippen molar-refractivity contribution in [1.82, 2.24) is 9.55 Å². The summed E-state index contributed by atoms with van der Waals surface area (Å²) in [4.78, 5) is 4.38. The number of benzene rings is 1. The van der Waals surface area contributed by atoms with Crippen molar-refractivity contribution >= 4 is 22.6 Å². The van der Waals surface area contributed by atoms with Crippen molar-refractivity contribution in [1.29, 1.82) is 0 Å². The van der Waals surface area contributed by atoms with E-state index in [-0.39, 0.29) is 0 Å². The molecule has 0 spiro atoms. The Morgan fingerprint density at radius 2 is 2.19 bits per heavy atom. The number of nitrogens with zero attached hydrogens (tertiary/aromatic N) is 2. The van der Waals surface area contributed by atoms with Crippen LogP contribution in [-0.2, 0) is 6.42 Å². The van der Waals surface area contributed by atoms with Crippen LogP contribution in [0.3, 0.4) is 0 Å². The molecule has 1 aromatic heterocycles. The van der Waals surface area contributed by atoms with Gasteiger partial charge in [-0.15, -0.1) is 0 Å².